The average molecular weight is 324 g/mol. The Balaban J connectivity index is 3.21. The maximum atomic E-state index is 12.3. The third-order valence-corrected chi connectivity index (χ3v) is 3.58. The van der Waals surface area contributed by atoms with Gasteiger partial charge in [-0.25, -0.2) is 9.59 Å². The average Bonchev–Trinajstić information content (AvgIpc) is 2.85. The number of methoxy groups -OCH3 is 1. The molecule has 0 aliphatic carbocycles. The first-order valence-electron chi connectivity index (χ1n) is 7.14. The molecule has 1 heterocycles. The highest BCUT2D eigenvalue weighted by atomic mass is 16.6. The van der Waals surface area contributed by atoms with Crippen LogP contribution in [0, 0.1) is 0 Å². The molecule has 7 heteroatoms. The number of rotatable bonds is 4. The molecule has 1 aromatic heterocycles. The van der Waals surface area contributed by atoms with E-state index >= 15 is 0 Å². The molecule has 128 valence electrons. The van der Waals surface area contributed by atoms with Crippen molar-refractivity contribution in [1.82, 2.24) is 9.47 Å². The van der Waals surface area contributed by atoms with E-state index in [-0.39, 0.29) is 5.69 Å². The van der Waals surface area contributed by atoms with Crippen molar-refractivity contribution in [1.29, 1.82) is 0 Å². The van der Waals surface area contributed by atoms with Crippen molar-refractivity contribution < 1.29 is 23.9 Å². The summed E-state index contributed by atoms with van der Waals surface area (Å²) >= 11 is 0. The summed E-state index contributed by atoms with van der Waals surface area (Å²) in [6, 6.07) is 1.53. The Kier molecular flexibility index (Phi) is 5.24. The van der Waals surface area contributed by atoms with Crippen LogP contribution in [0.2, 0.25) is 0 Å². The number of likely N-dealkylation sites (N-methyl/N-ethyl adjacent to an activating group) is 1. The van der Waals surface area contributed by atoms with E-state index in [1.54, 1.807) is 45.5 Å². The fourth-order valence-electron chi connectivity index (χ4n) is 2.01. The van der Waals surface area contributed by atoms with Crippen LogP contribution in [0.15, 0.2) is 12.3 Å². The predicted octanol–water partition coefficient (Wildman–Crippen LogP) is 2.09. The van der Waals surface area contributed by atoms with Crippen LogP contribution in [0.25, 0.3) is 0 Å². The first-order valence-corrected chi connectivity index (χ1v) is 7.14. The van der Waals surface area contributed by atoms with Crippen LogP contribution >= 0.6 is 0 Å². The molecular weight excluding hydrogens is 300 g/mol. The van der Waals surface area contributed by atoms with Gasteiger partial charge in [0.1, 0.15) is 23.1 Å². The van der Waals surface area contributed by atoms with Crippen molar-refractivity contribution in [2.45, 2.75) is 38.8 Å². The van der Waals surface area contributed by atoms with Crippen LogP contribution in [-0.2, 0) is 26.9 Å². The van der Waals surface area contributed by atoms with E-state index < -0.39 is 23.2 Å². The number of aldehydes is 1. The van der Waals surface area contributed by atoms with Crippen LogP contribution in [-0.4, -0.2) is 47.6 Å². The summed E-state index contributed by atoms with van der Waals surface area (Å²) < 4.78 is 11.5. The Labute approximate surface area is 136 Å². The number of nitrogens with zero attached hydrogens (tertiary/aromatic N) is 2. The lowest BCUT2D eigenvalue weighted by atomic mass is 9.94. The Morgan fingerprint density at radius 1 is 1.26 bits per heavy atom. The number of hydrogen-bond acceptors (Lipinski definition) is 5. The highest BCUT2D eigenvalue weighted by Gasteiger charge is 2.38. The van der Waals surface area contributed by atoms with E-state index in [1.165, 1.54) is 25.1 Å². The molecule has 0 aliphatic rings. The normalized spacial score (nSPS) is 13.9. The first-order chi connectivity index (χ1) is 10.5. The minimum atomic E-state index is -1.27. The quantitative estimate of drug-likeness (QED) is 0.626. The highest BCUT2D eigenvalue weighted by molar-refractivity contribution is 5.88. The molecule has 0 aliphatic heterocycles. The Bertz CT molecular complexity index is 614. The second kappa shape index (κ2) is 6.44. The van der Waals surface area contributed by atoms with Gasteiger partial charge in [0, 0.05) is 25.9 Å². The van der Waals surface area contributed by atoms with Gasteiger partial charge in [-0.2, -0.15) is 0 Å². The molecule has 7 nitrogen and oxygen atoms in total. The number of aryl methyl sites for hydroxylation is 1. The van der Waals surface area contributed by atoms with Gasteiger partial charge < -0.3 is 18.8 Å². The number of carbonyl (C=O) groups is 3. The Hall–Kier alpha value is -2.31. The molecule has 1 amide bonds. The standard InChI is InChI=1S/C16H24N2O5/c1-15(2,3)23-14(21)18(6)16(4,10-19)11-8-12(13(20)22-7)17(5)9-11/h8-10H,1-7H3. The van der Waals surface area contributed by atoms with E-state index in [9.17, 15) is 14.4 Å². The van der Waals surface area contributed by atoms with Crippen LogP contribution in [0.3, 0.4) is 0 Å². The third-order valence-electron chi connectivity index (χ3n) is 3.58. The number of ether oxygens (including phenoxy) is 2. The minimum absolute atomic E-state index is 0.285. The minimum Gasteiger partial charge on any atom is -0.464 e. The molecule has 0 bridgehead atoms. The number of hydrogen-bond donors (Lipinski definition) is 0. The molecule has 0 spiro atoms. The van der Waals surface area contributed by atoms with Gasteiger partial charge in [-0.15, -0.1) is 0 Å². The number of amides is 1. The molecule has 1 rings (SSSR count). The third kappa shape index (κ3) is 3.91. The van der Waals surface area contributed by atoms with Crippen molar-refractivity contribution in [3.8, 4) is 0 Å². The molecule has 1 aromatic rings. The number of carbonyl (C=O) groups excluding carboxylic acids is 3. The summed E-state index contributed by atoms with van der Waals surface area (Å²) in [5, 5.41) is 0. The summed E-state index contributed by atoms with van der Waals surface area (Å²) in [4.78, 5) is 36.9. The zero-order valence-corrected chi connectivity index (χ0v) is 14.7. The summed E-state index contributed by atoms with van der Waals surface area (Å²) in [6.07, 6.45) is 1.63. The molecule has 0 saturated carbocycles. The predicted molar refractivity (Wildman–Crippen MR) is 84.2 cm³/mol. The number of esters is 1. The molecule has 0 saturated heterocycles. The van der Waals surface area contributed by atoms with Crippen LogP contribution in [0.4, 0.5) is 4.79 Å². The van der Waals surface area contributed by atoms with E-state index in [4.69, 9.17) is 9.47 Å². The largest absolute Gasteiger partial charge is 0.464 e. The van der Waals surface area contributed by atoms with E-state index in [0.717, 1.165) is 0 Å². The maximum absolute atomic E-state index is 12.3. The van der Waals surface area contributed by atoms with Gasteiger partial charge in [-0.1, -0.05) is 0 Å². The van der Waals surface area contributed by atoms with Gasteiger partial charge in [0.05, 0.1) is 7.11 Å². The molecule has 0 aromatic carbocycles. The highest BCUT2D eigenvalue weighted by Crippen LogP contribution is 2.28. The molecule has 0 radical (unpaired) electrons. The summed E-state index contributed by atoms with van der Waals surface area (Å²) in [7, 11) is 4.42. The van der Waals surface area contributed by atoms with E-state index in [1.807, 2.05) is 0 Å². The van der Waals surface area contributed by atoms with Gasteiger partial charge in [-0.05, 0) is 33.8 Å². The lowest BCUT2D eigenvalue weighted by molar-refractivity contribution is -0.117. The first kappa shape index (κ1) is 18.7. The summed E-state index contributed by atoms with van der Waals surface area (Å²) in [5.41, 5.74) is -1.17. The van der Waals surface area contributed by atoms with Crippen LogP contribution < -0.4 is 0 Å². The second-order valence-corrected chi connectivity index (χ2v) is 6.52. The van der Waals surface area contributed by atoms with Gasteiger partial charge >= 0.3 is 12.1 Å². The molecule has 1 atom stereocenters. The molecule has 0 fully saturated rings. The van der Waals surface area contributed by atoms with Crippen molar-refractivity contribution in [2.24, 2.45) is 7.05 Å². The van der Waals surface area contributed by atoms with Gasteiger partial charge in [0.2, 0.25) is 0 Å². The summed E-state index contributed by atoms with van der Waals surface area (Å²) in [6.45, 7) is 6.82. The zero-order valence-electron chi connectivity index (χ0n) is 14.7. The summed E-state index contributed by atoms with van der Waals surface area (Å²) in [5.74, 6) is -0.521. The van der Waals surface area contributed by atoms with Gasteiger partial charge in [0.15, 0.2) is 0 Å². The van der Waals surface area contributed by atoms with E-state index in [2.05, 4.69) is 0 Å². The lowest BCUT2D eigenvalue weighted by Gasteiger charge is -2.35. The van der Waals surface area contributed by atoms with Gasteiger partial charge in [0.25, 0.3) is 0 Å². The molecular formula is C16H24N2O5. The Morgan fingerprint density at radius 2 is 1.83 bits per heavy atom. The van der Waals surface area contributed by atoms with Crippen molar-refractivity contribution in [3.05, 3.63) is 23.5 Å². The van der Waals surface area contributed by atoms with Gasteiger partial charge in [-0.3, -0.25) is 4.90 Å². The fourth-order valence-corrected chi connectivity index (χ4v) is 2.01. The molecule has 1 unspecified atom stereocenters. The van der Waals surface area contributed by atoms with Crippen LogP contribution in [0.1, 0.15) is 43.7 Å². The van der Waals surface area contributed by atoms with Crippen molar-refractivity contribution in [3.63, 3.8) is 0 Å². The Morgan fingerprint density at radius 3 is 2.26 bits per heavy atom. The fraction of sp³-hybridized carbons (Fsp3) is 0.562. The molecule has 0 N–H and O–H groups in total. The van der Waals surface area contributed by atoms with Crippen molar-refractivity contribution in [2.75, 3.05) is 14.2 Å². The molecule has 23 heavy (non-hydrogen) atoms. The van der Waals surface area contributed by atoms with Crippen molar-refractivity contribution >= 4 is 18.3 Å². The monoisotopic (exact) mass is 324 g/mol. The second-order valence-electron chi connectivity index (χ2n) is 6.52. The van der Waals surface area contributed by atoms with E-state index in [0.29, 0.717) is 11.8 Å². The zero-order chi connectivity index (χ0) is 18.0. The smallest absolute Gasteiger partial charge is 0.411 e. The number of aromatic nitrogens is 1. The topological polar surface area (TPSA) is 77.8 Å². The lowest BCUT2D eigenvalue weighted by Crippen LogP contribution is -2.48. The van der Waals surface area contributed by atoms with Crippen LogP contribution in [0.5, 0.6) is 0 Å². The SMILES string of the molecule is COC(=O)c1cc(C(C)(C=O)N(C)C(=O)OC(C)(C)C)cn1C. The maximum Gasteiger partial charge on any atom is 0.411 e.